The van der Waals surface area contributed by atoms with E-state index < -0.39 is 20.2 Å². The number of fused-ring (bicyclic) bond motifs is 1. The fourth-order valence-electron chi connectivity index (χ4n) is 1.72. The summed E-state index contributed by atoms with van der Waals surface area (Å²) in [6.45, 7) is 2.19. The predicted octanol–water partition coefficient (Wildman–Crippen LogP) is 4.55. The van der Waals surface area contributed by atoms with Gasteiger partial charge < -0.3 is 0 Å². The summed E-state index contributed by atoms with van der Waals surface area (Å²) < 4.78 is 8.52. The van der Waals surface area contributed by atoms with Crippen LogP contribution < -0.4 is 0 Å². The van der Waals surface area contributed by atoms with Crippen molar-refractivity contribution in [1.29, 1.82) is 0 Å². The second kappa shape index (κ2) is 7.34. The van der Waals surface area contributed by atoms with Crippen molar-refractivity contribution in [3.05, 3.63) is 43.6 Å². The van der Waals surface area contributed by atoms with Gasteiger partial charge in [0.05, 0.1) is 0 Å². The minimum atomic E-state index is -1.92. The Morgan fingerprint density at radius 3 is 3.00 bits per heavy atom. The molecule has 1 aromatic rings. The first-order valence-corrected chi connectivity index (χ1v) is 9.68. The minimum absolute atomic E-state index is 0.179. The number of benzene rings is 1. The molecule has 1 heterocycles. The fraction of sp³-hybridized carbons (Fsp3) is 0.312. The molecule has 0 saturated carbocycles. The zero-order chi connectivity index (χ0) is 13.5. The van der Waals surface area contributed by atoms with Gasteiger partial charge in [-0.2, -0.15) is 0 Å². The van der Waals surface area contributed by atoms with Gasteiger partial charge in [0.2, 0.25) is 0 Å². The van der Waals surface area contributed by atoms with Crippen LogP contribution >= 0.6 is 20.2 Å². The Morgan fingerprint density at radius 2 is 2.16 bits per heavy atom. The van der Waals surface area contributed by atoms with Gasteiger partial charge >= 0.3 is 122 Å². The second-order valence-corrected chi connectivity index (χ2v) is 8.08. The molecule has 1 aliphatic rings. The Balaban J connectivity index is 1.92. The summed E-state index contributed by atoms with van der Waals surface area (Å²) >= 11 is -1.92. The molecule has 0 bridgehead atoms. The first-order chi connectivity index (χ1) is 9.33. The average Bonchev–Trinajstić information content (AvgIpc) is 2.75. The van der Waals surface area contributed by atoms with Crippen LogP contribution in [0, 0.1) is 15.4 Å². The van der Waals surface area contributed by atoms with E-state index in [2.05, 4.69) is 18.8 Å². The zero-order valence-corrected chi connectivity index (χ0v) is 13.1. The third-order valence-corrected chi connectivity index (χ3v) is 6.69. The van der Waals surface area contributed by atoms with Crippen LogP contribution in [0.3, 0.4) is 0 Å². The van der Waals surface area contributed by atoms with E-state index in [1.54, 1.807) is 0 Å². The number of allylic oxidation sites excluding steroid dienone is 1. The molecule has 0 spiro atoms. The molecule has 0 unspecified atom stereocenters. The quantitative estimate of drug-likeness (QED) is 0.443. The molecule has 0 fully saturated rings. The van der Waals surface area contributed by atoms with E-state index in [1.165, 1.54) is 12.8 Å². The van der Waals surface area contributed by atoms with Crippen LogP contribution in [0.4, 0.5) is 0 Å². The van der Waals surface area contributed by atoms with Crippen molar-refractivity contribution < 1.29 is 7.86 Å². The summed E-state index contributed by atoms with van der Waals surface area (Å²) in [5, 5.41) is 0. The van der Waals surface area contributed by atoms with Crippen molar-refractivity contribution in [1.82, 2.24) is 0 Å². The maximum absolute atomic E-state index is 11.6. The van der Waals surface area contributed by atoms with Crippen LogP contribution in [-0.4, -0.2) is 5.97 Å². The third kappa shape index (κ3) is 3.84. The van der Waals surface area contributed by atoms with E-state index in [4.69, 9.17) is 3.07 Å². The van der Waals surface area contributed by atoms with Crippen LogP contribution in [0.5, 0.6) is 0 Å². The molecule has 0 amide bonds. The third-order valence-electron chi connectivity index (χ3n) is 2.72. The molecular formula is C16H17IO2. The van der Waals surface area contributed by atoms with Crippen LogP contribution in [-0.2, 0) is 3.07 Å². The first-order valence-electron chi connectivity index (χ1n) is 6.48. The molecular weight excluding hydrogens is 351 g/mol. The van der Waals surface area contributed by atoms with Gasteiger partial charge in [-0.05, 0) is 0 Å². The summed E-state index contributed by atoms with van der Waals surface area (Å²) in [5.74, 6) is 5.98. The average molecular weight is 368 g/mol. The normalized spacial score (nSPS) is 15.0. The number of hydrogen-bond acceptors (Lipinski definition) is 2. The van der Waals surface area contributed by atoms with Gasteiger partial charge in [-0.15, -0.1) is 0 Å². The number of rotatable bonds is 4. The van der Waals surface area contributed by atoms with E-state index in [0.717, 1.165) is 22.0 Å². The maximum atomic E-state index is 11.6. The standard InChI is InChI=1S/C16H17IO2/c1-2-3-4-5-6-7-10-13-17-15-12-9-8-11-14(15)16(18)19-17/h8-13H,2-5H2,1H3/b13-10+. The van der Waals surface area contributed by atoms with Gasteiger partial charge in [0.25, 0.3) is 0 Å². The van der Waals surface area contributed by atoms with Crippen molar-refractivity contribution in [3.63, 3.8) is 0 Å². The topological polar surface area (TPSA) is 26.3 Å². The number of carbonyl (C=O) groups is 1. The summed E-state index contributed by atoms with van der Waals surface area (Å²) in [6.07, 6.45) is 6.43. The fourth-order valence-corrected chi connectivity index (χ4v) is 5.21. The van der Waals surface area contributed by atoms with Crippen molar-refractivity contribution in [3.8, 4) is 11.8 Å². The Hall–Kier alpha value is -1.28. The Labute approximate surface area is 122 Å². The van der Waals surface area contributed by atoms with Crippen molar-refractivity contribution in [2.24, 2.45) is 0 Å². The molecule has 0 aromatic heterocycles. The monoisotopic (exact) mass is 368 g/mol. The van der Waals surface area contributed by atoms with Gasteiger partial charge in [0, 0.05) is 0 Å². The van der Waals surface area contributed by atoms with Crippen molar-refractivity contribution in [2.45, 2.75) is 32.6 Å². The summed E-state index contributed by atoms with van der Waals surface area (Å²) in [5.41, 5.74) is 0.730. The molecule has 2 rings (SSSR count). The molecule has 2 nitrogen and oxygen atoms in total. The summed E-state index contributed by atoms with van der Waals surface area (Å²) in [7, 11) is 0. The number of hydrogen-bond donors (Lipinski definition) is 0. The Morgan fingerprint density at radius 1 is 1.32 bits per heavy atom. The summed E-state index contributed by atoms with van der Waals surface area (Å²) in [6, 6.07) is 7.65. The molecule has 0 N–H and O–H groups in total. The molecule has 19 heavy (non-hydrogen) atoms. The van der Waals surface area contributed by atoms with Crippen LogP contribution in [0.2, 0.25) is 0 Å². The van der Waals surface area contributed by atoms with Gasteiger partial charge in [0.1, 0.15) is 0 Å². The number of carbonyl (C=O) groups excluding carboxylic acids is 1. The van der Waals surface area contributed by atoms with Gasteiger partial charge in [-0.25, -0.2) is 0 Å². The number of unbranched alkanes of at least 4 members (excludes halogenated alkanes) is 3. The molecule has 1 aliphatic heterocycles. The van der Waals surface area contributed by atoms with Gasteiger partial charge in [-0.3, -0.25) is 0 Å². The van der Waals surface area contributed by atoms with Gasteiger partial charge in [-0.1, -0.05) is 0 Å². The number of halogens is 1. The SMILES string of the molecule is CCCCCC#C/C=C/I1OC(=O)c2ccccc21. The molecule has 0 saturated heterocycles. The van der Waals surface area contributed by atoms with Crippen LogP contribution in [0.1, 0.15) is 43.0 Å². The van der Waals surface area contributed by atoms with E-state index >= 15 is 0 Å². The van der Waals surface area contributed by atoms with E-state index in [0.29, 0.717) is 0 Å². The van der Waals surface area contributed by atoms with Crippen LogP contribution in [0.15, 0.2) is 34.4 Å². The molecule has 0 aliphatic carbocycles. The second-order valence-electron chi connectivity index (χ2n) is 4.19. The van der Waals surface area contributed by atoms with Crippen molar-refractivity contribution >= 4 is 26.2 Å². The Bertz CT molecular complexity index is 537. The first kappa shape index (κ1) is 14.1. The molecule has 1 aromatic carbocycles. The van der Waals surface area contributed by atoms with Gasteiger partial charge in [0.15, 0.2) is 0 Å². The Kier molecular flexibility index (Phi) is 5.46. The predicted molar refractivity (Wildman–Crippen MR) is 85.6 cm³/mol. The van der Waals surface area contributed by atoms with E-state index in [-0.39, 0.29) is 5.97 Å². The van der Waals surface area contributed by atoms with E-state index in [1.807, 2.05) is 34.4 Å². The zero-order valence-electron chi connectivity index (χ0n) is 11.0. The van der Waals surface area contributed by atoms with Crippen molar-refractivity contribution in [2.75, 3.05) is 0 Å². The summed E-state index contributed by atoms with van der Waals surface area (Å²) in [4.78, 5) is 11.6. The molecule has 0 radical (unpaired) electrons. The molecule has 0 atom stereocenters. The molecule has 100 valence electrons. The van der Waals surface area contributed by atoms with E-state index in [9.17, 15) is 4.79 Å². The molecule has 3 heteroatoms. The van der Waals surface area contributed by atoms with Crippen LogP contribution in [0.25, 0.3) is 0 Å².